The fraction of sp³-hybridized carbons (Fsp3) is 0.0290. The van der Waals surface area contributed by atoms with E-state index in [1.807, 2.05) is 36.4 Å². The van der Waals surface area contributed by atoms with Crippen molar-refractivity contribution in [3.05, 3.63) is 279 Å². The van der Waals surface area contributed by atoms with Gasteiger partial charge in [-0.05, 0) is 57.5 Å². The molecule has 10 aromatic carbocycles. The van der Waals surface area contributed by atoms with Crippen LogP contribution in [0.4, 0.5) is 0 Å². The standard InChI is InChI=1S/C69H48N4/c1-7-21-47(22-8-1)49-37-41-53(42-38-49)62-45-57(69-71-67(55-29-15-5-16-30-55)70-68(72-69)56-31-17-6-18-32-56)46-63(54-43-39-50(40-44-54)48-23-9-2-10-24-48)66(62)73-64-58(51-25-11-3-12-26-51)33-19-35-60(64)61-36-20-34-59(65(61)73)52-27-13-4-14-28-52/h1-23,25-46,48H,24H2. The predicted molar refractivity (Wildman–Crippen MR) is 303 cm³/mol. The smallest absolute Gasteiger partial charge is 0.164 e. The quantitative estimate of drug-likeness (QED) is 0.137. The highest BCUT2D eigenvalue weighted by Crippen LogP contribution is 2.48. The van der Waals surface area contributed by atoms with E-state index in [2.05, 4.69) is 241 Å². The van der Waals surface area contributed by atoms with Crippen molar-refractivity contribution in [2.45, 2.75) is 12.3 Å². The van der Waals surface area contributed by atoms with E-state index >= 15 is 0 Å². The second kappa shape index (κ2) is 19.0. The molecule has 0 radical (unpaired) electrons. The Labute approximate surface area is 425 Å². The summed E-state index contributed by atoms with van der Waals surface area (Å²) in [6.07, 6.45) is 9.84. The van der Waals surface area contributed by atoms with Crippen LogP contribution in [-0.4, -0.2) is 19.5 Å². The van der Waals surface area contributed by atoms with E-state index in [0.717, 1.165) is 89.9 Å². The fourth-order valence-corrected chi connectivity index (χ4v) is 10.6. The molecular formula is C69H48N4. The predicted octanol–water partition coefficient (Wildman–Crippen LogP) is 17.9. The maximum Gasteiger partial charge on any atom is 0.164 e. The van der Waals surface area contributed by atoms with Crippen LogP contribution in [0.3, 0.4) is 0 Å². The van der Waals surface area contributed by atoms with Gasteiger partial charge in [0.25, 0.3) is 0 Å². The van der Waals surface area contributed by atoms with Gasteiger partial charge in [0, 0.05) is 55.6 Å². The van der Waals surface area contributed by atoms with Crippen LogP contribution in [0.15, 0.2) is 273 Å². The first-order valence-electron chi connectivity index (χ1n) is 25.0. The SMILES string of the molecule is C1=CCC(c2ccc(-c3cc(-c4nc(-c5ccccc5)nc(-c5ccccc5)n4)cc(-c4ccc(-c5ccccc5)cc4)c3-n3c4c(-c5ccccc5)cccc4c4cccc(-c5ccccc5)c43)cc2)C=C1. The van der Waals surface area contributed by atoms with E-state index in [1.165, 1.54) is 21.9 Å². The molecule has 73 heavy (non-hydrogen) atoms. The second-order valence-electron chi connectivity index (χ2n) is 18.6. The number of rotatable bonds is 10. The maximum atomic E-state index is 5.35. The molecule has 1 unspecified atom stereocenters. The molecule has 12 aromatic rings. The summed E-state index contributed by atoms with van der Waals surface area (Å²) >= 11 is 0. The van der Waals surface area contributed by atoms with Crippen LogP contribution >= 0.6 is 0 Å². The van der Waals surface area contributed by atoms with Gasteiger partial charge in [-0.25, -0.2) is 15.0 Å². The molecule has 0 amide bonds. The lowest BCUT2D eigenvalue weighted by Gasteiger charge is -2.23. The molecule has 1 atom stereocenters. The molecule has 13 rings (SSSR count). The average Bonchev–Trinajstić information content (AvgIpc) is 3.83. The first-order valence-corrected chi connectivity index (χ1v) is 25.0. The van der Waals surface area contributed by atoms with Gasteiger partial charge < -0.3 is 4.57 Å². The number of hydrogen-bond acceptors (Lipinski definition) is 3. The van der Waals surface area contributed by atoms with Gasteiger partial charge in [-0.1, -0.05) is 261 Å². The van der Waals surface area contributed by atoms with Crippen LogP contribution < -0.4 is 0 Å². The van der Waals surface area contributed by atoms with Crippen LogP contribution in [0.1, 0.15) is 17.9 Å². The minimum atomic E-state index is 0.306. The molecule has 0 saturated carbocycles. The lowest BCUT2D eigenvalue weighted by atomic mass is 9.89. The highest BCUT2D eigenvalue weighted by Gasteiger charge is 2.26. The molecule has 1 aliphatic carbocycles. The monoisotopic (exact) mass is 932 g/mol. The van der Waals surface area contributed by atoms with E-state index in [1.54, 1.807) is 0 Å². The van der Waals surface area contributed by atoms with E-state index in [4.69, 9.17) is 15.0 Å². The Bertz CT molecular complexity index is 3840. The van der Waals surface area contributed by atoms with E-state index in [-0.39, 0.29) is 0 Å². The van der Waals surface area contributed by atoms with Crippen molar-refractivity contribution in [1.29, 1.82) is 0 Å². The minimum absolute atomic E-state index is 0.306. The lowest BCUT2D eigenvalue weighted by molar-refractivity contribution is 0.854. The molecule has 2 aromatic heterocycles. The van der Waals surface area contributed by atoms with Crippen molar-refractivity contribution in [3.8, 4) is 95.5 Å². The lowest BCUT2D eigenvalue weighted by Crippen LogP contribution is -2.05. The zero-order valence-corrected chi connectivity index (χ0v) is 40.1. The third kappa shape index (κ3) is 8.25. The second-order valence-corrected chi connectivity index (χ2v) is 18.6. The molecule has 1 aliphatic rings. The zero-order chi connectivity index (χ0) is 48.5. The third-order valence-corrected chi connectivity index (χ3v) is 14.2. The van der Waals surface area contributed by atoms with Crippen molar-refractivity contribution in [1.82, 2.24) is 19.5 Å². The van der Waals surface area contributed by atoms with Crippen molar-refractivity contribution in [2.24, 2.45) is 0 Å². The normalized spacial score (nSPS) is 13.2. The number of hydrogen-bond donors (Lipinski definition) is 0. The van der Waals surface area contributed by atoms with Crippen LogP contribution in [0.2, 0.25) is 0 Å². The zero-order valence-electron chi connectivity index (χ0n) is 40.1. The Hall–Kier alpha value is -9.51. The van der Waals surface area contributed by atoms with Gasteiger partial charge in [-0.2, -0.15) is 0 Å². The van der Waals surface area contributed by atoms with Crippen LogP contribution in [-0.2, 0) is 0 Å². The Morgan fingerprint density at radius 3 is 1.15 bits per heavy atom. The fourth-order valence-electron chi connectivity index (χ4n) is 10.6. The van der Waals surface area contributed by atoms with Gasteiger partial charge in [0.05, 0.1) is 16.7 Å². The highest BCUT2D eigenvalue weighted by molar-refractivity contribution is 6.18. The van der Waals surface area contributed by atoms with Gasteiger partial charge >= 0.3 is 0 Å². The molecule has 0 spiro atoms. The Morgan fingerprint density at radius 2 is 0.699 bits per heavy atom. The summed E-state index contributed by atoms with van der Waals surface area (Å²) in [7, 11) is 0. The van der Waals surface area contributed by atoms with Crippen LogP contribution in [0.25, 0.3) is 117 Å². The molecule has 0 bridgehead atoms. The van der Waals surface area contributed by atoms with Gasteiger partial charge in [-0.3, -0.25) is 0 Å². The van der Waals surface area contributed by atoms with Gasteiger partial charge in [0.1, 0.15) is 0 Å². The first kappa shape index (κ1) is 43.5. The van der Waals surface area contributed by atoms with Crippen molar-refractivity contribution < 1.29 is 0 Å². The molecule has 2 heterocycles. The maximum absolute atomic E-state index is 5.35. The largest absolute Gasteiger partial charge is 0.307 e. The Balaban J connectivity index is 1.18. The number of aromatic nitrogens is 4. The molecule has 0 aliphatic heterocycles. The summed E-state index contributed by atoms with van der Waals surface area (Å²) in [5.41, 5.74) is 18.5. The van der Waals surface area contributed by atoms with E-state index in [0.29, 0.717) is 23.4 Å². The van der Waals surface area contributed by atoms with Gasteiger partial charge in [0.15, 0.2) is 17.5 Å². The summed E-state index contributed by atoms with van der Waals surface area (Å²) in [5, 5.41) is 2.36. The van der Waals surface area contributed by atoms with Crippen molar-refractivity contribution in [3.63, 3.8) is 0 Å². The molecule has 0 saturated heterocycles. The molecule has 0 N–H and O–H groups in total. The molecule has 4 heteroatoms. The minimum Gasteiger partial charge on any atom is -0.307 e. The summed E-state index contributed by atoms with van der Waals surface area (Å²) in [5.74, 6) is 2.13. The Morgan fingerprint density at radius 1 is 0.315 bits per heavy atom. The third-order valence-electron chi connectivity index (χ3n) is 14.2. The molecule has 0 fully saturated rings. The number of benzene rings is 10. The van der Waals surface area contributed by atoms with Crippen molar-refractivity contribution in [2.75, 3.05) is 0 Å². The molecule has 4 nitrogen and oxygen atoms in total. The van der Waals surface area contributed by atoms with Gasteiger partial charge in [-0.15, -0.1) is 0 Å². The highest BCUT2D eigenvalue weighted by atomic mass is 15.0. The summed E-state index contributed by atoms with van der Waals surface area (Å²) in [6, 6.07) is 89.2. The average molecular weight is 933 g/mol. The Kier molecular flexibility index (Phi) is 11.3. The summed E-state index contributed by atoms with van der Waals surface area (Å²) in [6.45, 7) is 0. The number of nitrogens with zero attached hydrogens (tertiary/aromatic N) is 4. The van der Waals surface area contributed by atoms with E-state index in [9.17, 15) is 0 Å². The topological polar surface area (TPSA) is 43.6 Å². The number of allylic oxidation sites excluding steroid dienone is 4. The van der Waals surface area contributed by atoms with Crippen LogP contribution in [0, 0.1) is 0 Å². The first-order chi connectivity index (χ1) is 36.2. The number of fused-ring (bicyclic) bond motifs is 3. The molecule has 344 valence electrons. The number of para-hydroxylation sites is 2. The van der Waals surface area contributed by atoms with E-state index < -0.39 is 0 Å². The summed E-state index contributed by atoms with van der Waals surface area (Å²) < 4.78 is 2.58. The summed E-state index contributed by atoms with van der Waals surface area (Å²) in [4.78, 5) is 15.8. The van der Waals surface area contributed by atoms with Crippen molar-refractivity contribution >= 4 is 21.8 Å². The van der Waals surface area contributed by atoms with Gasteiger partial charge in [0.2, 0.25) is 0 Å². The van der Waals surface area contributed by atoms with Crippen LogP contribution in [0.5, 0.6) is 0 Å². The molecular weight excluding hydrogens is 885 g/mol.